The molecule has 0 saturated heterocycles. The molecule has 3 nitrogen and oxygen atoms in total. The predicted octanol–water partition coefficient (Wildman–Crippen LogP) is 2.49. The number of nitrogens with two attached hydrogens (primary N) is 1. The summed E-state index contributed by atoms with van der Waals surface area (Å²) < 4.78 is 13.3. The van der Waals surface area contributed by atoms with Crippen LogP contribution in [0.5, 0.6) is 0 Å². The van der Waals surface area contributed by atoms with Crippen molar-refractivity contribution >= 4 is 17.6 Å². The number of nitrogen functional groups attached to an aromatic ring is 1. The van der Waals surface area contributed by atoms with Crippen molar-refractivity contribution in [2.24, 2.45) is 0 Å². The molecule has 5 heteroatoms. The van der Waals surface area contributed by atoms with Crippen LogP contribution in [-0.4, -0.2) is 9.97 Å². The Balaban J connectivity index is 2.02. The van der Waals surface area contributed by atoms with Gasteiger partial charge in [-0.15, -0.1) is 11.8 Å². The smallest absolute Gasteiger partial charge is 0.141 e. The highest BCUT2D eigenvalue weighted by Crippen LogP contribution is 2.24. The van der Waals surface area contributed by atoms with Crippen molar-refractivity contribution < 1.29 is 4.39 Å². The van der Waals surface area contributed by atoms with Crippen molar-refractivity contribution in [3.63, 3.8) is 0 Å². The zero-order valence-corrected chi connectivity index (χ0v) is 9.25. The van der Waals surface area contributed by atoms with Crippen molar-refractivity contribution in [2.75, 3.05) is 5.73 Å². The largest absolute Gasteiger partial charge is 0.382 e. The van der Waals surface area contributed by atoms with Gasteiger partial charge in [-0.05, 0) is 12.1 Å². The van der Waals surface area contributed by atoms with E-state index in [0.29, 0.717) is 16.5 Å². The van der Waals surface area contributed by atoms with E-state index >= 15 is 0 Å². The van der Waals surface area contributed by atoms with E-state index < -0.39 is 0 Å². The lowest BCUT2D eigenvalue weighted by Gasteiger charge is -2.02. The fourth-order valence-electron chi connectivity index (χ4n) is 1.15. The standard InChI is InChI=1S/C11H10FN3S/c12-9-3-1-2-4-10(9)16-7-8-5-15-11(13)6-14-8/h1-6H,7H2,(H2,13,15). The zero-order chi connectivity index (χ0) is 11.4. The van der Waals surface area contributed by atoms with Gasteiger partial charge in [-0.25, -0.2) is 9.37 Å². The summed E-state index contributed by atoms with van der Waals surface area (Å²) in [4.78, 5) is 8.63. The molecule has 0 bridgehead atoms. The number of halogens is 1. The van der Waals surface area contributed by atoms with Crippen LogP contribution in [0.4, 0.5) is 10.2 Å². The number of anilines is 1. The molecule has 2 rings (SSSR count). The van der Waals surface area contributed by atoms with Crippen LogP contribution in [0.2, 0.25) is 0 Å². The summed E-state index contributed by atoms with van der Waals surface area (Å²) >= 11 is 1.39. The molecule has 16 heavy (non-hydrogen) atoms. The van der Waals surface area contributed by atoms with E-state index in [1.54, 1.807) is 24.4 Å². The van der Waals surface area contributed by atoms with Crippen LogP contribution in [0, 0.1) is 5.82 Å². The first-order valence-corrected chi connectivity index (χ1v) is 5.68. The van der Waals surface area contributed by atoms with Crippen LogP contribution in [0.25, 0.3) is 0 Å². The van der Waals surface area contributed by atoms with Crippen LogP contribution in [0.1, 0.15) is 5.69 Å². The lowest BCUT2D eigenvalue weighted by atomic mass is 10.3. The third kappa shape index (κ3) is 2.70. The third-order valence-corrected chi connectivity index (χ3v) is 3.02. The molecule has 0 aliphatic carbocycles. The molecule has 82 valence electrons. The van der Waals surface area contributed by atoms with Crippen molar-refractivity contribution in [1.29, 1.82) is 0 Å². The van der Waals surface area contributed by atoms with Crippen LogP contribution in [-0.2, 0) is 5.75 Å². The maximum Gasteiger partial charge on any atom is 0.141 e. The SMILES string of the molecule is Nc1cnc(CSc2ccccc2F)cn1. The normalized spacial score (nSPS) is 10.3. The van der Waals surface area contributed by atoms with Gasteiger partial charge < -0.3 is 5.73 Å². The Kier molecular flexibility index (Phi) is 3.36. The number of hydrogen-bond donors (Lipinski definition) is 1. The van der Waals surface area contributed by atoms with Gasteiger partial charge in [0.05, 0.1) is 18.1 Å². The molecule has 2 aromatic rings. The Morgan fingerprint density at radius 3 is 2.69 bits per heavy atom. The van der Waals surface area contributed by atoms with Crippen molar-refractivity contribution in [1.82, 2.24) is 9.97 Å². The Morgan fingerprint density at radius 1 is 1.19 bits per heavy atom. The number of aromatic nitrogens is 2. The minimum Gasteiger partial charge on any atom is -0.382 e. The molecule has 1 aromatic carbocycles. The van der Waals surface area contributed by atoms with Gasteiger partial charge in [-0.3, -0.25) is 4.98 Å². The van der Waals surface area contributed by atoms with Crippen LogP contribution in [0.15, 0.2) is 41.6 Å². The Bertz CT molecular complexity index is 473. The minimum absolute atomic E-state index is 0.212. The second kappa shape index (κ2) is 4.94. The van der Waals surface area contributed by atoms with Gasteiger partial charge in [0, 0.05) is 10.6 Å². The van der Waals surface area contributed by atoms with E-state index in [9.17, 15) is 4.39 Å². The molecule has 2 N–H and O–H groups in total. The quantitative estimate of drug-likeness (QED) is 0.830. The van der Waals surface area contributed by atoms with Crippen molar-refractivity contribution in [3.05, 3.63) is 48.2 Å². The molecule has 0 spiro atoms. The van der Waals surface area contributed by atoms with Gasteiger partial charge in [0.25, 0.3) is 0 Å². The highest BCUT2D eigenvalue weighted by atomic mass is 32.2. The highest BCUT2D eigenvalue weighted by Gasteiger charge is 2.02. The van der Waals surface area contributed by atoms with Crippen LogP contribution >= 0.6 is 11.8 Å². The molecule has 0 saturated carbocycles. The number of thioether (sulfide) groups is 1. The minimum atomic E-state index is -0.212. The summed E-state index contributed by atoms with van der Waals surface area (Å²) in [6, 6.07) is 6.66. The first kappa shape index (κ1) is 10.9. The van der Waals surface area contributed by atoms with Gasteiger partial charge in [0.1, 0.15) is 11.6 Å². The molecule has 0 amide bonds. The predicted molar refractivity (Wildman–Crippen MR) is 62.4 cm³/mol. The number of nitrogens with zero attached hydrogens (tertiary/aromatic N) is 2. The van der Waals surface area contributed by atoms with Gasteiger partial charge in [0.15, 0.2) is 0 Å². The molecule has 0 unspecified atom stereocenters. The molecule has 1 heterocycles. The van der Waals surface area contributed by atoms with E-state index in [0.717, 1.165) is 5.69 Å². The highest BCUT2D eigenvalue weighted by molar-refractivity contribution is 7.98. The Labute approximate surface area is 96.9 Å². The molecule has 0 radical (unpaired) electrons. The first-order valence-electron chi connectivity index (χ1n) is 4.69. The van der Waals surface area contributed by atoms with E-state index in [2.05, 4.69) is 9.97 Å². The molecule has 1 aromatic heterocycles. The maximum absolute atomic E-state index is 13.3. The molecular formula is C11H10FN3S. The van der Waals surface area contributed by atoms with Crippen molar-refractivity contribution in [2.45, 2.75) is 10.6 Å². The fourth-order valence-corrected chi connectivity index (χ4v) is 1.99. The molecule has 0 aliphatic heterocycles. The van der Waals surface area contributed by atoms with Gasteiger partial charge >= 0.3 is 0 Å². The average molecular weight is 235 g/mol. The number of hydrogen-bond acceptors (Lipinski definition) is 4. The molecular weight excluding hydrogens is 225 g/mol. The summed E-state index contributed by atoms with van der Waals surface area (Å²) in [5.74, 6) is 0.754. The topological polar surface area (TPSA) is 51.8 Å². The number of rotatable bonds is 3. The second-order valence-corrected chi connectivity index (χ2v) is 4.17. The van der Waals surface area contributed by atoms with E-state index in [1.807, 2.05) is 0 Å². The summed E-state index contributed by atoms with van der Waals surface area (Å²) in [5.41, 5.74) is 6.20. The van der Waals surface area contributed by atoms with Crippen LogP contribution < -0.4 is 5.73 Å². The summed E-state index contributed by atoms with van der Waals surface area (Å²) in [6.07, 6.45) is 3.10. The Morgan fingerprint density at radius 2 is 2.00 bits per heavy atom. The average Bonchev–Trinajstić information content (AvgIpc) is 2.30. The lowest BCUT2D eigenvalue weighted by molar-refractivity contribution is 0.602. The summed E-state index contributed by atoms with van der Waals surface area (Å²) in [6.45, 7) is 0. The van der Waals surface area contributed by atoms with Gasteiger partial charge in [-0.1, -0.05) is 12.1 Å². The second-order valence-electron chi connectivity index (χ2n) is 3.15. The van der Waals surface area contributed by atoms with Gasteiger partial charge in [0.2, 0.25) is 0 Å². The summed E-state index contributed by atoms with van der Waals surface area (Å²) in [5, 5.41) is 0. The van der Waals surface area contributed by atoms with E-state index in [1.165, 1.54) is 24.0 Å². The van der Waals surface area contributed by atoms with E-state index in [-0.39, 0.29) is 5.82 Å². The zero-order valence-electron chi connectivity index (χ0n) is 8.43. The maximum atomic E-state index is 13.3. The molecule has 0 fully saturated rings. The number of benzene rings is 1. The third-order valence-electron chi connectivity index (χ3n) is 1.94. The first-order chi connectivity index (χ1) is 7.75. The van der Waals surface area contributed by atoms with Crippen LogP contribution in [0.3, 0.4) is 0 Å². The summed E-state index contributed by atoms with van der Waals surface area (Å²) in [7, 11) is 0. The van der Waals surface area contributed by atoms with E-state index in [4.69, 9.17) is 5.73 Å². The fraction of sp³-hybridized carbons (Fsp3) is 0.0909. The molecule has 0 atom stereocenters. The van der Waals surface area contributed by atoms with Gasteiger partial charge in [-0.2, -0.15) is 0 Å². The molecule has 0 aliphatic rings. The Hall–Kier alpha value is -1.62. The van der Waals surface area contributed by atoms with Crippen molar-refractivity contribution in [3.8, 4) is 0 Å². The lowest BCUT2D eigenvalue weighted by Crippen LogP contribution is -1.94. The monoisotopic (exact) mass is 235 g/mol.